The van der Waals surface area contributed by atoms with Crippen LogP contribution >= 0.6 is 0 Å². The molecule has 2 nitrogen and oxygen atoms in total. The minimum Gasteiger partial charge on any atom is -0.381 e. The summed E-state index contributed by atoms with van der Waals surface area (Å²) in [5.74, 6) is 0. The van der Waals surface area contributed by atoms with E-state index in [0.717, 1.165) is 32.7 Å². The average Bonchev–Trinajstić information content (AvgIpc) is 1.82. The molecule has 2 fully saturated rings. The second-order valence-corrected chi connectivity index (χ2v) is 3.60. The first kappa shape index (κ1) is 7.56. The Bertz CT molecular complexity index is 120. The van der Waals surface area contributed by atoms with Crippen molar-refractivity contribution in [1.82, 2.24) is 0 Å². The zero-order valence-electron chi connectivity index (χ0n) is 6.97. The maximum absolute atomic E-state index is 5.83. The van der Waals surface area contributed by atoms with Gasteiger partial charge in [-0.1, -0.05) is 0 Å². The number of ether oxygens (including phenoxy) is 2. The molecule has 0 aromatic carbocycles. The lowest BCUT2D eigenvalue weighted by Crippen LogP contribution is -2.42. The van der Waals surface area contributed by atoms with Crippen LogP contribution in [-0.2, 0) is 9.47 Å². The third kappa shape index (κ3) is 1.57. The molecule has 0 bridgehead atoms. The molecule has 0 unspecified atom stereocenters. The van der Waals surface area contributed by atoms with Crippen molar-refractivity contribution in [3.63, 3.8) is 0 Å². The molecule has 1 saturated heterocycles. The molecule has 0 N–H and O–H groups in total. The van der Waals surface area contributed by atoms with Crippen molar-refractivity contribution in [2.75, 3.05) is 19.8 Å². The van der Waals surface area contributed by atoms with Crippen LogP contribution in [-0.4, -0.2) is 25.4 Å². The maximum Gasteiger partial charge on any atom is 0.0704 e. The highest BCUT2D eigenvalue weighted by Gasteiger charge is 2.37. The summed E-state index contributed by atoms with van der Waals surface area (Å²) in [6.45, 7) is 2.69. The Morgan fingerprint density at radius 1 is 0.818 bits per heavy atom. The van der Waals surface area contributed by atoms with Crippen molar-refractivity contribution in [1.29, 1.82) is 0 Å². The van der Waals surface area contributed by atoms with E-state index in [1.165, 1.54) is 19.3 Å². The average molecular weight is 156 g/mol. The van der Waals surface area contributed by atoms with Crippen molar-refractivity contribution >= 4 is 0 Å². The predicted octanol–water partition coefficient (Wildman–Crippen LogP) is 1.74. The smallest absolute Gasteiger partial charge is 0.0704 e. The quantitative estimate of drug-likeness (QED) is 0.532. The van der Waals surface area contributed by atoms with Crippen LogP contribution < -0.4 is 0 Å². The third-order valence-corrected chi connectivity index (χ3v) is 2.81. The van der Waals surface area contributed by atoms with Gasteiger partial charge in [0, 0.05) is 19.8 Å². The van der Waals surface area contributed by atoms with Crippen LogP contribution in [0.2, 0.25) is 0 Å². The van der Waals surface area contributed by atoms with Crippen LogP contribution in [0, 0.1) is 0 Å². The van der Waals surface area contributed by atoms with Crippen molar-refractivity contribution in [3.8, 4) is 0 Å². The van der Waals surface area contributed by atoms with E-state index < -0.39 is 0 Å². The minimum absolute atomic E-state index is 0.250. The van der Waals surface area contributed by atoms with Gasteiger partial charge in [-0.05, 0) is 32.1 Å². The van der Waals surface area contributed by atoms with Crippen LogP contribution in [0.25, 0.3) is 0 Å². The molecule has 0 aromatic heterocycles. The fourth-order valence-corrected chi connectivity index (χ4v) is 1.85. The normalized spacial score (nSPS) is 30.5. The van der Waals surface area contributed by atoms with E-state index in [1.807, 2.05) is 0 Å². The van der Waals surface area contributed by atoms with Crippen LogP contribution in [0.5, 0.6) is 0 Å². The van der Waals surface area contributed by atoms with Crippen molar-refractivity contribution in [2.45, 2.75) is 37.7 Å². The summed E-state index contributed by atoms with van der Waals surface area (Å²) < 4.78 is 11.3. The van der Waals surface area contributed by atoms with Crippen molar-refractivity contribution < 1.29 is 9.47 Å². The molecule has 0 radical (unpaired) electrons. The molecule has 0 atom stereocenters. The van der Waals surface area contributed by atoms with Gasteiger partial charge < -0.3 is 9.47 Å². The topological polar surface area (TPSA) is 18.5 Å². The molecule has 1 aliphatic carbocycles. The van der Waals surface area contributed by atoms with Crippen LogP contribution in [0.15, 0.2) is 0 Å². The molecular formula is C9H16O2. The first-order valence-corrected chi connectivity index (χ1v) is 4.63. The Hall–Kier alpha value is -0.0800. The molecule has 1 heterocycles. The summed E-state index contributed by atoms with van der Waals surface area (Å²) in [5, 5.41) is 0. The fraction of sp³-hybridized carbons (Fsp3) is 1.00. The second-order valence-electron chi connectivity index (χ2n) is 3.60. The lowest BCUT2D eigenvalue weighted by Gasteiger charge is -2.42. The Morgan fingerprint density at radius 3 is 2.45 bits per heavy atom. The van der Waals surface area contributed by atoms with E-state index >= 15 is 0 Å². The summed E-state index contributed by atoms with van der Waals surface area (Å²) in [7, 11) is 0. The zero-order chi connectivity index (χ0) is 7.57. The molecule has 1 aliphatic heterocycles. The molecule has 1 spiro atoms. The first-order chi connectivity index (χ1) is 5.41. The third-order valence-electron chi connectivity index (χ3n) is 2.81. The standard InChI is InChI=1S/C9H16O2/c1-3-9(4-1)5-8-10-6-2-7-11-9/h1-8H2. The Kier molecular flexibility index (Phi) is 2.14. The highest BCUT2D eigenvalue weighted by molar-refractivity contribution is 4.89. The van der Waals surface area contributed by atoms with Gasteiger partial charge in [0.1, 0.15) is 0 Å². The Balaban J connectivity index is 1.86. The molecule has 64 valence electrons. The molecule has 11 heavy (non-hydrogen) atoms. The molecule has 0 amide bonds. The van der Waals surface area contributed by atoms with E-state index in [2.05, 4.69) is 0 Å². The number of rotatable bonds is 0. The second kappa shape index (κ2) is 3.11. The van der Waals surface area contributed by atoms with Crippen LogP contribution in [0.4, 0.5) is 0 Å². The van der Waals surface area contributed by atoms with E-state index in [-0.39, 0.29) is 5.60 Å². The van der Waals surface area contributed by atoms with E-state index in [1.54, 1.807) is 0 Å². The van der Waals surface area contributed by atoms with Gasteiger partial charge in [-0.3, -0.25) is 0 Å². The van der Waals surface area contributed by atoms with E-state index in [4.69, 9.17) is 9.47 Å². The van der Waals surface area contributed by atoms with Crippen LogP contribution in [0.3, 0.4) is 0 Å². The molecule has 0 aromatic rings. The van der Waals surface area contributed by atoms with Gasteiger partial charge in [-0.2, -0.15) is 0 Å². The molecule has 1 saturated carbocycles. The SMILES string of the molecule is C1COCCC2(CCC2)OC1. The van der Waals surface area contributed by atoms with Gasteiger partial charge in [-0.15, -0.1) is 0 Å². The lowest BCUT2D eigenvalue weighted by molar-refractivity contribution is -0.132. The van der Waals surface area contributed by atoms with Gasteiger partial charge in [-0.25, -0.2) is 0 Å². The highest BCUT2D eigenvalue weighted by Crippen LogP contribution is 2.39. The number of hydrogen-bond acceptors (Lipinski definition) is 2. The molecular weight excluding hydrogens is 140 g/mol. The molecule has 2 rings (SSSR count). The monoisotopic (exact) mass is 156 g/mol. The zero-order valence-corrected chi connectivity index (χ0v) is 6.97. The van der Waals surface area contributed by atoms with Gasteiger partial charge >= 0.3 is 0 Å². The van der Waals surface area contributed by atoms with Gasteiger partial charge in [0.2, 0.25) is 0 Å². The summed E-state index contributed by atoms with van der Waals surface area (Å²) in [6, 6.07) is 0. The fourth-order valence-electron chi connectivity index (χ4n) is 1.85. The maximum atomic E-state index is 5.83. The minimum atomic E-state index is 0.250. The summed E-state index contributed by atoms with van der Waals surface area (Å²) >= 11 is 0. The summed E-state index contributed by atoms with van der Waals surface area (Å²) in [5.41, 5.74) is 0.250. The molecule has 2 aliphatic rings. The van der Waals surface area contributed by atoms with E-state index in [9.17, 15) is 0 Å². The Morgan fingerprint density at radius 2 is 1.73 bits per heavy atom. The highest BCUT2D eigenvalue weighted by atomic mass is 16.5. The largest absolute Gasteiger partial charge is 0.381 e. The van der Waals surface area contributed by atoms with Gasteiger partial charge in [0.05, 0.1) is 5.60 Å². The van der Waals surface area contributed by atoms with Gasteiger partial charge in [0.15, 0.2) is 0 Å². The number of hydrogen-bond donors (Lipinski definition) is 0. The Labute approximate surface area is 67.9 Å². The van der Waals surface area contributed by atoms with Crippen molar-refractivity contribution in [2.24, 2.45) is 0 Å². The van der Waals surface area contributed by atoms with Gasteiger partial charge in [0.25, 0.3) is 0 Å². The first-order valence-electron chi connectivity index (χ1n) is 4.63. The molecule has 2 heteroatoms. The van der Waals surface area contributed by atoms with Crippen LogP contribution in [0.1, 0.15) is 32.1 Å². The summed E-state index contributed by atoms with van der Waals surface area (Å²) in [4.78, 5) is 0. The van der Waals surface area contributed by atoms with Crippen molar-refractivity contribution in [3.05, 3.63) is 0 Å². The predicted molar refractivity (Wildman–Crippen MR) is 42.6 cm³/mol. The lowest BCUT2D eigenvalue weighted by atomic mass is 9.77. The summed E-state index contributed by atoms with van der Waals surface area (Å²) in [6.07, 6.45) is 6.06. The van der Waals surface area contributed by atoms with E-state index in [0.29, 0.717) is 0 Å².